The lowest BCUT2D eigenvalue weighted by Crippen LogP contribution is -3.00. The number of benzene rings is 2. The van der Waals surface area contributed by atoms with Crippen LogP contribution in [0.1, 0.15) is 47.5 Å². The number of urea groups is 1. The van der Waals surface area contributed by atoms with Crippen molar-refractivity contribution in [3.8, 4) is 11.5 Å². The Morgan fingerprint density at radius 3 is 2.23 bits per heavy atom. The van der Waals surface area contributed by atoms with E-state index < -0.39 is 18.0 Å². The predicted molar refractivity (Wildman–Crippen MR) is 162 cm³/mol. The van der Waals surface area contributed by atoms with E-state index in [1.54, 1.807) is 62.4 Å². The zero-order valence-corrected chi connectivity index (χ0v) is 27.5. The number of anilines is 1. The van der Waals surface area contributed by atoms with Gasteiger partial charge in [-0.1, -0.05) is 12.1 Å². The summed E-state index contributed by atoms with van der Waals surface area (Å²) in [6.45, 7) is 6.01. The van der Waals surface area contributed by atoms with Crippen molar-refractivity contribution in [3.63, 3.8) is 0 Å². The van der Waals surface area contributed by atoms with Crippen LogP contribution in [0.3, 0.4) is 0 Å². The number of aromatic hydroxyl groups is 2. The molecule has 5 N–H and O–H groups in total. The van der Waals surface area contributed by atoms with E-state index in [2.05, 4.69) is 23.0 Å². The highest BCUT2D eigenvalue weighted by molar-refractivity contribution is 7.18. The molecule has 1 fully saturated rings. The number of likely N-dealkylation sites (N-methyl/N-ethyl adjacent to an activating group) is 1. The predicted octanol–water partition coefficient (Wildman–Crippen LogP) is 1.39. The highest BCUT2D eigenvalue weighted by atomic mass is 127. The Labute approximate surface area is 273 Å². The first kappa shape index (κ1) is 34.1. The Morgan fingerprint density at radius 2 is 1.60 bits per heavy atom. The SMILES string of the molecule is CC(C)OC(=O)c1ccc(NC(=O)N[C@@H](Cc2ccc(O)cc2)C(=O)N[C@H]2CCC[N+](C)(Cc3ccc(O)cc3)C2)s1.[I-]. The molecule has 1 aromatic heterocycles. The number of nitrogens with zero attached hydrogens (tertiary/aromatic N) is 1. The molecule has 1 saturated heterocycles. The topological polar surface area (TPSA) is 137 Å². The largest absolute Gasteiger partial charge is 1.00 e. The number of hydrogen-bond donors (Lipinski definition) is 5. The van der Waals surface area contributed by atoms with Gasteiger partial charge in [0.25, 0.3) is 0 Å². The Balaban J connectivity index is 0.00000506. The van der Waals surface area contributed by atoms with Crippen LogP contribution in [-0.2, 0) is 22.5 Å². The highest BCUT2D eigenvalue weighted by Gasteiger charge is 2.34. The third-order valence-electron chi connectivity index (χ3n) is 7.14. The summed E-state index contributed by atoms with van der Waals surface area (Å²) in [4.78, 5) is 39.1. The fraction of sp³-hybridized carbons (Fsp3) is 0.387. The summed E-state index contributed by atoms with van der Waals surface area (Å²) >= 11 is 1.09. The number of ether oxygens (including phenoxy) is 1. The summed E-state index contributed by atoms with van der Waals surface area (Å²) in [6, 6.07) is 15.4. The van der Waals surface area contributed by atoms with Crippen LogP contribution < -0.4 is 39.9 Å². The maximum atomic E-state index is 13.6. The molecule has 1 aliphatic heterocycles. The zero-order valence-electron chi connectivity index (χ0n) is 24.5. The smallest absolute Gasteiger partial charge is 0.348 e. The summed E-state index contributed by atoms with van der Waals surface area (Å²) in [5, 5.41) is 28.4. The van der Waals surface area contributed by atoms with Gasteiger partial charge in [-0.25, -0.2) is 9.59 Å². The Kier molecular flexibility index (Phi) is 12.2. The molecule has 3 amide bonds. The van der Waals surface area contributed by atoms with Gasteiger partial charge in [-0.3, -0.25) is 10.1 Å². The van der Waals surface area contributed by atoms with Gasteiger partial charge in [-0.2, -0.15) is 0 Å². The van der Waals surface area contributed by atoms with Gasteiger partial charge in [0, 0.05) is 12.0 Å². The van der Waals surface area contributed by atoms with Crippen molar-refractivity contribution in [2.45, 2.75) is 57.8 Å². The maximum Gasteiger partial charge on any atom is 0.348 e. The third kappa shape index (κ3) is 10.4. The molecular weight excluding hydrogens is 683 g/mol. The molecule has 0 radical (unpaired) electrons. The number of halogens is 1. The number of phenols is 2. The maximum absolute atomic E-state index is 13.6. The Morgan fingerprint density at radius 1 is 0.977 bits per heavy atom. The van der Waals surface area contributed by atoms with Crippen LogP contribution in [0.4, 0.5) is 9.80 Å². The van der Waals surface area contributed by atoms with Gasteiger partial charge >= 0.3 is 12.0 Å². The Hall–Kier alpha value is -3.36. The standard InChI is InChI=1S/C31H38N4O6S.HI/c1-20(2)41-30(39)27-14-15-28(42-27)34-31(40)33-26(17-21-6-10-24(36)11-7-21)29(38)32-23-5-4-16-35(3,19-23)18-22-8-12-25(37)13-9-22;/h6-15,20,23,26H,4-5,16-19H2,1-3H3,(H4-,32,33,34,36,37,38,39,40);1H/t23-,26-,35?;/m0./s1. The number of piperidine rings is 1. The lowest BCUT2D eigenvalue weighted by atomic mass is 10.00. The molecule has 0 aliphatic carbocycles. The molecule has 3 aromatic rings. The number of rotatable bonds is 10. The summed E-state index contributed by atoms with van der Waals surface area (Å²) in [5.41, 5.74) is 1.89. The molecule has 2 aromatic carbocycles. The Bertz CT molecular complexity index is 1380. The van der Waals surface area contributed by atoms with E-state index in [0.717, 1.165) is 59.4 Å². The van der Waals surface area contributed by atoms with E-state index in [1.807, 2.05) is 12.1 Å². The average Bonchev–Trinajstić information content (AvgIpc) is 3.39. The summed E-state index contributed by atoms with van der Waals surface area (Å²) in [5.74, 6) is -0.414. The molecule has 10 nitrogen and oxygen atoms in total. The first-order valence-electron chi connectivity index (χ1n) is 14.1. The van der Waals surface area contributed by atoms with Gasteiger partial charge in [0.15, 0.2) is 0 Å². The second-order valence-electron chi connectivity index (χ2n) is 11.3. The van der Waals surface area contributed by atoms with Gasteiger partial charge < -0.3 is 54.0 Å². The molecule has 2 heterocycles. The number of esters is 1. The quantitative estimate of drug-likeness (QED) is 0.122. The number of nitrogens with one attached hydrogen (secondary N) is 3. The number of phenolic OH excluding ortho intramolecular Hbond substituents is 2. The zero-order chi connectivity index (χ0) is 30.3. The van der Waals surface area contributed by atoms with Crippen LogP contribution in [0, 0.1) is 0 Å². The minimum absolute atomic E-state index is 0. The number of thiophene rings is 1. The summed E-state index contributed by atoms with van der Waals surface area (Å²) in [6.07, 6.45) is 1.74. The lowest BCUT2D eigenvalue weighted by molar-refractivity contribution is -0.927. The fourth-order valence-electron chi connectivity index (χ4n) is 5.21. The average molecular weight is 723 g/mol. The highest BCUT2D eigenvalue weighted by Crippen LogP contribution is 2.24. The molecule has 4 rings (SSSR count). The van der Waals surface area contributed by atoms with Crippen LogP contribution in [-0.4, -0.2) is 70.9 Å². The second-order valence-corrected chi connectivity index (χ2v) is 12.4. The van der Waals surface area contributed by atoms with E-state index in [9.17, 15) is 24.6 Å². The van der Waals surface area contributed by atoms with Crippen LogP contribution in [0.25, 0.3) is 0 Å². The summed E-state index contributed by atoms with van der Waals surface area (Å²) < 4.78 is 5.95. The van der Waals surface area contributed by atoms with Crippen LogP contribution in [0.2, 0.25) is 0 Å². The number of quaternary nitrogens is 1. The molecule has 3 atom stereocenters. The van der Waals surface area contributed by atoms with Crippen molar-refractivity contribution in [3.05, 3.63) is 76.7 Å². The van der Waals surface area contributed by atoms with E-state index in [-0.39, 0.29) is 59.9 Å². The molecule has 1 unspecified atom stereocenters. The van der Waals surface area contributed by atoms with E-state index in [4.69, 9.17) is 4.74 Å². The summed E-state index contributed by atoms with van der Waals surface area (Å²) in [7, 11) is 2.16. The van der Waals surface area contributed by atoms with Crippen LogP contribution in [0.5, 0.6) is 11.5 Å². The second kappa shape index (κ2) is 15.4. The lowest BCUT2D eigenvalue weighted by Gasteiger charge is -2.42. The van der Waals surface area contributed by atoms with Gasteiger partial charge in [0.2, 0.25) is 5.91 Å². The van der Waals surface area contributed by atoms with Crippen molar-refractivity contribution in [1.29, 1.82) is 0 Å². The van der Waals surface area contributed by atoms with Crippen molar-refractivity contribution in [2.24, 2.45) is 0 Å². The molecule has 12 heteroatoms. The monoisotopic (exact) mass is 722 g/mol. The molecule has 0 spiro atoms. The fourth-order valence-corrected chi connectivity index (χ4v) is 5.99. The van der Waals surface area contributed by atoms with E-state index in [0.29, 0.717) is 9.88 Å². The third-order valence-corrected chi connectivity index (χ3v) is 8.12. The van der Waals surface area contributed by atoms with Crippen molar-refractivity contribution in [1.82, 2.24) is 10.6 Å². The molecule has 0 bridgehead atoms. The normalized spacial score (nSPS) is 18.7. The first-order valence-corrected chi connectivity index (χ1v) is 14.9. The van der Waals surface area contributed by atoms with Crippen molar-refractivity contribution < 1.29 is 57.8 Å². The number of carbonyl (C=O) groups is 3. The van der Waals surface area contributed by atoms with Gasteiger partial charge in [0.05, 0.1) is 37.3 Å². The van der Waals surface area contributed by atoms with Gasteiger partial charge in [0.1, 0.15) is 29.0 Å². The van der Waals surface area contributed by atoms with Crippen LogP contribution >= 0.6 is 11.3 Å². The van der Waals surface area contributed by atoms with Crippen LogP contribution in [0.15, 0.2) is 60.7 Å². The van der Waals surface area contributed by atoms with Gasteiger partial charge in [-0.05, 0) is 80.8 Å². The van der Waals surface area contributed by atoms with Crippen molar-refractivity contribution >= 4 is 34.2 Å². The van der Waals surface area contributed by atoms with E-state index >= 15 is 0 Å². The molecule has 232 valence electrons. The minimum Gasteiger partial charge on any atom is -1.00 e. The molecular formula is C31H39IN4O6S. The first-order chi connectivity index (χ1) is 20.0. The number of carbonyl (C=O) groups excluding carboxylic acids is 3. The minimum atomic E-state index is -0.877. The van der Waals surface area contributed by atoms with Gasteiger partial charge in [-0.15, -0.1) is 11.3 Å². The number of hydrogen-bond acceptors (Lipinski definition) is 7. The molecule has 43 heavy (non-hydrogen) atoms. The molecule has 0 saturated carbocycles. The van der Waals surface area contributed by atoms with E-state index in [1.165, 1.54) is 0 Å². The molecule has 1 aliphatic rings. The number of likely N-dealkylation sites (tertiary alicyclic amines) is 1. The van der Waals surface area contributed by atoms with Crippen molar-refractivity contribution in [2.75, 3.05) is 25.5 Å². The number of amides is 3.